The van der Waals surface area contributed by atoms with Crippen LogP contribution in [-0.4, -0.2) is 48.3 Å². The smallest absolute Gasteiger partial charge is 0.255 e. The average Bonchev–Trinajstić information content (AvgIpc) is 2.65. The maximum atomic E-state index is 13.0. The molecule has 1 heterocycles. The van der Waals surface area contributed by atoms with Gasteiger partial charge in [0, 0.05) is 32.2 Å². The molecule has 0 bridgehead atoms. The van der Waals surface area contributed by atoms with Crippen molar-refractivity contribution in [1.82, 2.24) is 10.2 Å². The first-order valence-corrected chi connectivity index (χ1v) is 8.95. The number of hydrogen-bond acceptors (Lipinski definition) is 5. The highest BCUT2D eigenvalue weighted by Crippen LogP contribution is 2.27. The monoisotopic (exact) mass is 393 g/mol. The minimum Gasteiger partial charge on any atom is -0.507 e. The van der Waals surface area contributed by atoms with E-state index in [-0.39, 0.29) is 33.9 Å². The standard InChI is InChI=1S/C19H21ClFN3O3/c20-16-7-15(18(25)8-17(16)22)19(26)23-9-14-11-24(5-6-27-14)10-12-1-3-13(21)4-2-12/h1-4,7-8,14,25H,5-6,9-11,22H2,(H,23,26)/t14-/m1/s1. The van der Waals surface area contributed by atoms with E-state index in [9.17, 15) is 14.3 Å². The number of rotatable bonds is 5. The molecule has 2 aromatic carbocycles. The molecule has 0 saturated carbocycles. The third-order valence-corrected chi connectivity index (χ3v) is 4.72. The van der Waals surface area contributed by atoms with Crippen LogP contribution in [0.4, 0.5) is 10.1 Å². The summed E-state index contributed by atoms with van der Waals surface area (Å²) in [5, 5.41) is 12.8. The molecule has 8 heteroatoms. The van der Waals surface area contributed by atoms with E-state index in [0.717, 1.165) is 12.1 Å². The molecule has 1 saturated heterocycles. The molecule has 1 amide bonds. The fraction of sp³-hybridized carbons (Fsp3) is 0.316. The van der Waals surface area contributed by atoms with Gasteiger partial charge in [-0.3, -0.25) is 9.69 Å². The molecule has 3 rings (SSSR count). The number of benzene rings is 2. The van der Waals surface area contributed by atoms with Gasteiger partial charge in [-0.15, -0.1) is 0 Å². The van der Waals surface area contributed by atoms with Crippen molar-refractivity contribution >= 4 is 23.2 Å². The number of nitrogens with zero attached hydrogens (tertiary/aromatic N) is 1. The Hall–Kier alpha value is -2.35. The van der Waals surface area contributed by atoms with Crippen LogP contribution in [0.2, 0.25) is 5.02 Å². The number of hydrogen-bond donors (Lipinski definition) is 3. The average molecular weight is 394 g/mol. The number of nitrogens with two attached hydrogens (primary N) is 1. The molecular formula is C19H21ClFN3O3. The molecule has 4 N–H and O–H groups in total. The molecule has 0 radical (unpaired) electrons. The molecule has 0 aromatic heterocycles. The quantitative estimate of drug-likeness (QED) is 0.679. The first kappa shape index (κ1) is 19.4. The summed E-state index contributed by atoms with van der Waals surface area (Å²) >= 11 is 5.91. The number of carbonyl (C=O) groups is 1. The minimum atomic E-state index is -0.450. The summed E-state index contributed by atoms with van der Waals surface area (Å²) in [6.07, 6.45) is -0.186. The maximum Gasteiger partial charge on any atom is 0.255 e. The summed E-state index contributed by atoms with van der Waals surface area (Å²) in [7, 11) is 0. The van der Waals surface area contributed by atoms with E-state index in [1.807, 2.05) is 0 Å². The van der Waals surface area contributed by atoms with E-state index >= 15 is 0 Å². The molecule has 144 valence electrons. The molecule has 0 spiro atoms. The van der Waals surface area contributed by atoms with Crippen LogP contribution in [0.25, 0.3) is 0 Å². The molecule has 1 aliphatic rings. The van der Waals surface area contributed by atoms with Gasteiger partial charge in [0.2, 0.25) is 0 Å². The summed E-state index contributed by atoms with van der Waals surface area (Å²) in [6.45, 7) is 2.91. The number of nitrogens with one attached hydrogen (secondary N) is 1. The van der Waals surface area contributed by atoms with Crippen molar-refractivity contribution in [3.8, 4) is 5.75 Å². The van der Waals surface area contributed by atoms with Crippen LogP contribution >= 0.6 is 11.6 Å². The number of aromatic hydroxyl groups is 1. The predicted octanol–water partition coefficient (Wildman–Crippen LogP) is 2.40. The van der Waals surface area contributed by atoms with Crippen molar-refractivity contribution in [2.45, 2.75) is 12.6 Å². The van der Waals surface area contributed by atoms with Crippen molar-refractivity contribution in [2.75, 3.05) is 32.0 Å². The van der Waals surface area contributed by atoms with Gasteiger partial charge in [0.1, 0.15) is 11.6 Å². The van der Waals surface area contributed by atoms with Crippen molar-refractivity contribution in [1.29, 1.82) is 0 Å². The van der Waals surface area contributed by atoms with E-state index in [4.69, 9.17) is 22.1 Å². The first-order valence-electron chi connectivity index (χ1n) is 8.57. The molecule has 27 heavy (non-hydrogen) atoms. The Bertz CT molecular complexity index is 817. The van der Waals surface area contributed by atoms with Crippen molar-refractivity contribution < 1.29 is 19.0 Å². The Labute approximate surface area is 161 Å². The number of carbonyl (C=O) groups excluding carboxylic acids is 1. The first-order chi connectivity index (χ1) is 12.9. The number of phenolic OH excluding ortho intramolecular Hbond substituents is 1. The number of anilines is 1. The van der Waals surface area contributed by atoms with E-state index in [2.05, 4.69) is 10.2 Å². The van der Waals surface area contributed by atoms with Gasteiger partial charge in [0.25, 0.3) is 5.91 Å². The summed E-state index contributed by atoms with van der Waals surface area (Å²) in [6, 6.07) is 8.99. The van der Waals surface area contributed by atoms with Crippen LogP contribution in [0.15, 0.2) is 36.4 Å². The summed E-state index contributed by atoms with van der Waals surface area (Å²) < 4.78 is 18.7. The van der Waals surface area contributed by atoms with Crippen LogP contribution in [0.5, 0.6) is 5.75 Å². The van der Waals surface area contributed by atoms with Crippen LogP contribution < -0.4 is 11.1 Å². The van der Waals surface area contributed by atoms with Gasteiger partial charge in [-0.05, 0) is 23.8 Å². The highest BCUT2D eigenvalue weighted by Gasteiger charge is 2.22. The van der Waals surface area contributed by atoms with Crippen LogP contribution in [0, 0.1) is 5.82 Å². The lowest BCUT2D eigenvalue weighted by atomic mass is 10.1. The predicted molar refractivity (Wildman–Crippen MR) is 101 cm³/mol. The molecule has 2 aromatic rings. The Morgan fingerprint density at radius 1 is 1.37 bits per heavy atom. The lowest BCUT2D eigenvalue weighted by molar-refractivity contribution is -0.0292. The summed E-state index contributed by atoms with van der Waals surface area (Å²) in [4.78, 5) is 14.5. The number of phenols is 1. The Kier molecular flexibility index (Phi) is 6.15. The maximum absolute atomic E-state index is 13.0. The number of halogens is 2. The van der Waals surface area contributed by atoms with Gasteiger partial charge in [-0.2, -0.15) is 0 Å². The third-order valence-electron chi connectivity index (χ3n) is 4.39. The second-order valence-corrected chi connectivity index (χ2v) is 6.86. The summed E-state index contributed by atoms with van der Waals surface area (Å²) in [5.74, 6) is -0.933. The largest absolute Gasteiger partial charge is 0.507 e. The van der Waals surface area contributed by atoms with Crippen molar-refractivity contribution in [3.05, 3.63) is 58.4 Å². The zero-order chi connectivity index (χ0) is 19.4. The molecule has 1 fully saturated rings. The van der Waals surface area contributed by atoms with E-state index in [1.165, 1.54) is 24.3 Å². The second-order valence-electron chi connectivity index (χ2n) is 6.46. The number of nitrogen functional groups attached to an aromatic ring is 1. The van der Waals surface area contributed by atoms with Crippen molar-refractivity contribution in [3.63, 3.8) is 0 Å². The molecule has 6 nitrogen and oxygen atoms in total. The zero-order valence-electron chi connectivity index (χ0n) is 14.6. The second kappa shape index (κ2) is 8.56. The van der Waals surface area contributed by atoms with E-state index < -0.39 is 5.91 Å². The SMILES string of the molecule is Nc1cc(O)c(C(=O)NC[C@@H]2CN(Cc3ccc(F)cc3)CCO2)cc1Cl. The number of amides is 1. The highest BCUT2D eigenvalue weighted by molar-refractivity contribution is 6.33. The van der Waals surface area contributed by atoms with Gasteiger partial charge in [0.05, 0.1) is 29.0 Å². The zero-order valence-corrected chi connectivity index (χ0v) is 15.4. The van der Waals surface area contributed by atoms with E-state index in [0.29, 0.717) is 26.2 Å². The fourth-order valence-electron chi connectivity index (χ4n) is 2.96. The van der Waals surface area contributed by atoms with Gasteiger partial charge >= 0.3 is 0 Å². The Morgan fingerprint density at radius 2 is 2.11 bits per heavy atom. The summed E-state index contributed by atoms with van der Waals surface area (Å²) in [5.41, 5.74) is 6.88. The van der Waals surface area contributed by atoms with Crippen molar-refractivity contribution in [2.24, 2.45) is 0 Å². The molecule has 1 aliphatic heterocycles. The Morgan fingerprint density at radius 3 is 2.85 bits per heavy atom. The molecule has 0 aliphatic carbocycles. The van der Waals surface area contributed by atoms with Gasteiger partial charge in [-0.25, -0.2) is 4.39 Å². The Balaban J connectivity index is 1.54. The normalized spacial score (nSPS) is 17.6. The number of morpholine rings is 1. The molecule has 0 unspecified atom stereocenters. The highest BCUT2D eigenvalue weighted by atomic mass is 35.5. The molecular weight excluding hydrogens is 373 g/mol. The molecule has 1 atom stereocenters. The lowest BCUT2D eigenvalue weighted by Crippen LogP contribution is -2.47. The number of ether oxygens (including phenoxy) is 1. The van der Waals surface area contributed by atoms with E-state index in [1.54, 1.807) is 12.1 Å². The van der Waals surface area contributed by atoms with Crippen LogP contribution in [-0.2, 0) is 11.3 Å². The van der Waals surface area contributed by atoms with Crippen LogP contribution in [0.1, 0.15) is 15.9 Å². The minimum absolute atomic E-state index is 0.0631. The van der Waals surface area contributed by atoms with Gasteiger partial charge in [-0.1, -0.05) is 23.7 Å². The van der Waals surface area contributed by atoms with Gasteiger partial charge < -0.3 is 20.9 Å². The topological polar surface area (TPSA) is 87.8 Å². The fourth-order valence-corrected chi connectivity index (χ4v) is 3.12. The van der Waals surface area contributed by atoms with Gasteiger partial charge in [0.15, 0.2) is 0 Å². The lowest BCUT2D eigenvalue weighted by Gasteiger charge is -2.33. The third kappa shape index (κ3) is 5.09. The van der Waals surface area contributed by atoms with Crippen LogP contribution in [0.3, 0.4) is 0 Å².